The zero-order valence-electron chi connectivity index (χ0n) is 24.9. The van der Waals surface area contributed by atoms with Gasteiger partial charge in [0.2, 0.25) is 11.8 Å². The minimum Gasteiger partial charge on any atom is -0.493 e. The molecule has 4 rings (SSSR count). The smallest absolute Gasteiger partial charge is 0.256 e. The highest BCUT2D eigenvalue weighted by molar-refractivity contribution is 6.03. The number of Topliss-reactive ketones (excluding diaryl/α,β-unsaturated/α-hetero) is 1. The molecule has 0 spiro atoms. The summed E-state index contributed by atoms with van der Waals surface area (Å²) in [5.74, 6) is 0.000465. The van der Waals surface area contributed by atoms with Crippen molar-refractivity contribution in [3.8, 4) is 22.9 Å². The Balaban J connectivity index is 1.71. The van der Waals surface area contributed by atoms with Crippen molar-refractivity contribution in [1.82, 2.24) is 30.1 Å². The van der Waals surface area contributed by atoms with Gasteiger partial charge in [-0.15, -0.1) is 0 Å². The molecule has 12 heteroatoms. The zero-order valence-corrected chi connectivity index (χ0v) is 24.9. The maximum absolute atomic E-state index is 13.8. The predicted molar refractivity (Wildman–Crippen MR) is 156 cm³/mol. The lowest BCUT2D eigenvalue weighted by atomic mass is 10.0. The van der Waals surface area contributed by atoms with Crippen molar-refractivity contribution in [3.05, 3.63) is 53.1 Å². The van der Waals surface area contributed by atoms with Crippen LogP contribution < -0.4 is 20.1 Å². The molecular weight excluding hydrogens is 540 g/mol. The number of H-pyrrole nitrogens is 1. The number of aryl methyl sites for hydroxylation is 1. The van der Waals surface area contributed by atoms with Crippen LogP contribution >= 0.6 is 0 Å². The first-order chi connectivity index (χ1) is 20.0. The molecule has 12 nitrogen and oxygen atoms in total. The Bertz CT molecular complexity index is 1490. The van der Waals surface area contributed by atoms with Gasteiger partial charge < -0.3 is 34.6 Å². The van der Waals surface area contributed by atoms with Crippen LogP contribution in [0.25, 0.3) is 11.4 Å². The number of benzene rings is 1. The fourth-order valence-corrected chi connectivity index (χ4v) is 5.11. The molecule has 1 atom stereocenters. The lowest BCUT2D eigenvalue weighted by Gasteiger charge is -2.26. The van der Waals surface area contributed by atoms with E-state index < -0.39 is 17.9 Å². The quantitative estimate of drug-likeness (QED) is 0.403. The average Bonchev–Trinajstić information content (AvgIpc) is 3.53. The fourth-order valence-electron chi connectivity index (χ4n) is 5.11. The monoisotopic (exact) mass is 578 g/mol. The van der Waals surface area contributed by atoms with Crippen LogP contribution in [0.5, 0.6) is 11.5 Å². The molecule has 42 heavy (non-hydrogen) atoms. The summed E-state index contributed by atoms with van der Waals surface area (Å²) in [6.45, 7) is 9.07. The first-order valence-corrected chi connectivity index (χ1v) is 13.9. The number of carbonyl (C=O) groups is 4. The molecule has 3 aromatic rings. The summed E-state index contributed by atoms with van der Waals surface area (Å²) in [5, 5.41) is 5.71. The van der Waals surface area contributed by atoms with Crippen LogP contribution in [0.3, 0.4) is 0 Å². The lowest BCUT2D eigenvalue weighted by Crippen LogP contribution is -2.53. The first-order valence-electron chi connectivity index (χ1n) is 13.9. The largest absolute Gasteiger partial charge is 0.493 e. The maximum atomic E-state index is 13.8. The van der Waals surface area contributed by atoms with E-state index in [1.165, 1.54) is 18.9 Å². The number of hydrogen-bond donors (Lipinski definition) is 3. The number of rotatable bonds is 4. The van der Waals surface area contributed by atoms with Crippen LogP contribution in [-0.4, -0.2) is 82.3 Å². The number of ketones is 1. The number of nitrogens with zero attached hydrogens (tertiary/aromatic N) is 3. The van der Waals surface area contributed by atoms with Gasteiger partial charge >= 0.3 is 0 Å². The number of ether oxygens (including phenoxy) is 2. The Kier molecular flexibility index (Phi) is 9.34. The molecule has 3 N–H and O–H groups in total. The number of methoxy groups -OCH3 is 1. The summed E-state index contributed by atoms with van der Waals surface area (Å²) in [6, 6.07) is 4.65. The molecule has 3 amide bonds. The van der Waals surface area contributed by atoms with Gasteiger partial charge in [-0.3, -0.25) is 19.2 Å². The van der Waals surface area contributed by atoms with E-state index in [1.807, 2.05) is 36.7 Å². The van der Waals surface area contributed by atoms with Crippen LogP contribution in [-0.2, 0) is 16.1 Å². The fraction of sp³-hybridized carbons (Fsp3) is 0.433. The van der Waals surface area contributed by atoms with Crippen LogP contribution in [0.15, 0.2) is 30.6 Å². The van der Waals surface area contributed by atoms with Gasteiger partial charge in [0, 0.05) is 43.7 Å². The maximum Gasteiger partial charge on any atom is 0.256 e. The molecule has 2 aromatic heterocycles. The van der Waals surface area contributed by atoms with Crippen molar-refractivity contribution in [2.75, 3.05) is 33.4 Å². The van der Waals surface area contributed by atoms with Crippen molar-refractivity contribution < 1.29 is 28.7 Å². The second kappa shape index (κ2) is 12.9. The van der Waals surface area contributed by atoms with E-state index in [0.717, 1.165) is 5.56 Å². The van der Waals surface area contributed by atoms with Gasteiger partial charge in [-0.1, -0.05) is 13.8 Å². The number of fused-ring (bicyclic) bond motifs is 4. The number of nitrogens with one attached hydrogen (secondary N) is 3. The van der Waals surface area contributed by atoms with E-state index in [0.29, 0.717) is 52.9 Å². The van der Waals surface area contributed by atoms with Crippen molar-refractivity contribution in [2.24, 2.45) is 5.92 Å². The second-order valence-electron chi connectivity index (χ2n) is 10.6. The number of amides is 3. The van der Waals surface area contributed by atoms with Crippen molar-refractivity contribution in [3.63, 3.8) is 0 Å². The van der Waals surface area contributed by atoms with Gasteiger partial charge in [-0.25, -0.2) is 4.98 Å². The third-order valence-corrected chi connectivity index (χ3v) is 7.30. The highest BCUT2D eigenvalue weighted by Gasteiger charge is 2.29. The number of imidazole rings is 1. The van der Waals surface area contributed by atoms with E-state index in [4.69, 9.17) is 9.47 Å². The summed E-state index contributed by atoms with van der Waals surface area (Å²) in [7, 11) is 1.54. The Morgan fingerprint density at radius 3 is 2.60 bits per heavy atom. The van der Waals surface area contributed by atoms with Gasteiger partial charge in [0.05, 0.1) is 31.5 Å². The molecule has 1 aliphatic rings. The van der Waals surface area contributed by atoms with Crippen molar-refractivity contribution in [1.29, 1.82) is 0 Å². The number of aromatic nitrogens is 3. The third kappa shape index (κ3) is 6.48. The molecule has 2 bridgehead atoms. The Labute approximate surface area is 244 Å². The molecule has 3 heterocycles. The van der Waals surface area contributed by atoms with E-state index in [9.17, 15) is 19.2 Å². The molecule has 0 fully saturated rings. The van der Waals surface area contributed by atoms with Gasteiger partial charge in [0.1, 0.15) is 18.5 Å². The van der Waals surface area contributed by atoms with Gasteiger partial charge in [-0.05, 0) is 43.5 Å². The summed E-state index contributed by atoms with van der Waals surface area (Å²) >= 11 is 0. The summed E-state index contributed by atoms with van der Waals surface area (Å²) in [4.78, 5) is 61.2. The first kappa shape index (κ1) is 30.4. The SMILES string of the molecule is COc1ccc2cc1OCCN(C(=O)c1c(C)[nH]c(C(C)=O)c1C)CC(=O)N[C@H](C(C)C)C(=O)NCCn1ccnc1-2. The number of aromatic amines is 1. The zero-order chi connectivity index (χ0) is 30.6. The van der Waals surface area contributed by atoms with Crippen LogP contribution in [0, 0.1) is 19.8 Å². The highest BCUT2D eigenvalue weighted by Crippen LogP contribution is 2.32. The number of carbonyl (C=O) groups excluding carboxylic acids is 4. The van der Waals surface area contributed by atoms with E-state index in [2.05, 4.69) is 20.6 Å². The highest BCUT2D eigenvalue weighted by atomic mass is 16.5. The standard InChI is InChI=1S/C30H38N6O6/c1-17(2)26-29(39)32-10-12-35-11-9-31-28(35)21-7-8-22(41-6)23(15-21)42-14-13-36(16-24(38)34-26)30(40)25-18(3)27(20(5)37)33-19(25)4/h7-9,11,15,17,26,33H,10,12-14,16H2,1-6H3,(H,32,39)(H,34,38)/t26-/m1/s1. The molecule has 0 radical (unpaired) electrons. The minimum absolute atomic E-state index is 0.0451. The molecule has 1 aromatic carbocycles. The Hall–Kier alpha value is -4.61. The normalized spacial score (nSPS) is 16.6. The topological polar surface area (TPSA) is 148 Å². The molecule has 224 valence electrons. The lowest BCUT2D eigenvalue weighted by molar-refractivity contribution is -0.130. The summed E-state index contributed by atoms with van der Waals surface area (Å²) in [6.07, 6.45) is 3.51. The predicted octanol–water partition coefficient (Wildman–Crippen LogP) is 2.50. The van der Waals surface area contributed by atoms with Crippen LogP contribution in [0.2, 0.25) is 0 Å². The van der Waals surface area contributed by atoms with Crippen LogP contribution in [0.4, 0.5) is 0 Å². The average molecular weight is 579 g/mol. The van der Waals surface area contributed by atoms with E-state index >= 15 is 0 Å². The molecule has 0 aliphatic carbocycles. The van der Waals surface area contributed by atoms with E-state index in [-0.39, 0.29) is 37.3 Å². The van der Waals surface area contributed by atoms with Gasteiger partial charge in [0.15, 0.2) is 17.3 Å². The number of hydrogen-bond acceptors (Lipinski definition) is 7. The second-order valence-corrected chi connectivity index (χ2v) is 10.6. The molecule has 0 saturated carbocycles. The summed E-state index contributed by atoms with van der Waals surface area (Å²) in [5.41, 5.74) is 2.49. The molecule has 0 saturated heterocycles. The Morgan fingerprint density at radius 2 is 1.93 bits per heavy atom. The third-order valence-electron chi connectivity index (χ3n) is 7.30. The molecule has 1 aliphatic heterocycles. The minimum atomic E-state index is -0.803. The van der Waals surface area contributed by atoms with Crippen LogP contribution in [0.1, 0.15) is 52.9 Å². The van der Waals surface area contributed by atoms with Crippen molar-refractivity contribution in [2.45, 2.75) is 47.2 Å². The van der Waals surface area contributed by atoms with Gasteiger partial charge in [0.25, 0.3) is 5.91 Å². The van der Waals surface area contributed by atoms with Crippen molar-refractivity contribution >= 4 is 23.5 Å². The van der Waals surface area contributed by atoms with E-state index in [1.54, 1.807) is 26.1 Å². The summed E-state index contributed by atoms with van der Waals surface area (Å²) < 4.78 is 13.5. The molecular formula is C30H38N6O6. The van der Waals surface area contributed by atoms with Gasteiger partial charge in [-0.2, -0.15) is 0 Å². The molecule has 0 unspecified atom stereocenters. The Morgan fingerprint density at radius 1 is 1.17 bits per heavy atom.